The molecule has 1 heterocycles. The van der Waals surface area contributed by atoms with Crippen molar-refractivity contribution in [2.45, 2.75) is 75.1 Å². The van der Waals surface area contributed by atoms with Gasteiger partial charge in [0.05, 0.1) is 25.9 Å². The number of nitrogens with zero attached hydrogens (tertiary/aromatic N) is 1. The second kappa shape index (κ2) is 9.00. The highest BCUT2D eigenvalue weighted by molar-refractivity contribution is 5.69. The number of hydrogen-bond donors (Lipinski definition) is 1. The predicted molar refractivity (Wildman–Crippen MR) is 109 cm³/mol. The van der Waals surface area contributed by atoms with E-state index in [1.807, 2.05) is 18.0 Å². The maximum atomic E-state index is 13.5. The fourth-order valence-electron chi connectivity index (χ4n) is 5.96. The van der Waals surface area contributed by atoms with E-state index in [2.05, 4.69) is 5.32 Å². The highest BCUT2D eigenvalue weighted by Crippen LogP contribution is 2.42. The Morgan fingerprint density at radius 3 is 2.69 bits per heavy atom. The number of carbonyl (C=O) groups excluding carboxylic acids is 1. The summed E-state index contributed by atoms with van der Waals surface area (Å²) in [4.78, 5) is 14.4. The van der Waals surface area contributed by atoms with Crippen molar-refractivity contribution in [3.8, 4) is 0 Å². The molecule has 1 N–H and O–H groups in total. The van der Waals surface area contributed by atoms with Crippen molar-refractivity contribution in [2.75, 3.05) is 20.8 Å². The monoisotopic (exact) mass is 404 g/mol. The van der Waals surface area contributed by atoms with Crippen molar-refractivity contribution >= 4 is 6.09 Å². The molecule has 6 heteroatoms. The fraction of sp³-hybridized carbons (Fsp3) is 0.696. The van der Waals surface area contributed by atoms with Crippen LogP contribution in [0, 0.1) is 11.7 Å². The van der Waals surface area contributed by atoms with Gasteiger partial charge < -0.3 is 14.8 Å². The molecule has 0 spiro atoms. The molecule has 4 rings (SSSR count). The summed E-state index contributed by atoms with van der Waals surface area (Å²) < 4.78 is 25.0. The van der Waals surface area contributed by atoms with Crippen LogP contribution in [-0.4, -0.2) is 56.0 Å². The minimum atomic E-state index is -0.233. The van der Waals surface area contributed by atoms with Gasteiger partial charge in [0, 0.05) is 12.1 Å². The molecule has 1 aliphatic heterocycles. The normalized spacial score (nSPS) is 34.2. The van der Waals surface area contributed by atoms with Crippen LogP contribution in [0.5, 0.6) is 0 Å². The fourth-order valence-corrected chi connectivity index (χ4v) is 5.96. The zero-order chi connectivity index (χ0) is 20.4. The summed E-state index contributed by atoms with van der Waals surface area (Å²) in [5.41, 5.74) is 1.10. The van der Waals surface area contributed by atoms with Crippen molar-refractivity contribution in [2.24, 2.45) is 5.92 Å². The highest BCUT2D eigenvalue weighted by atomic mass is 19.1. The molecule has 4 atom stereocenters. The van der Waals surface area contributed by atoms with Crippen molar-refractivity contribution in [1.82, 2.24) is 10.2 Å². The first-order chi connectivity index (χ1) is 14.1. The molecule has 160 valence electrons. The number of likely N-dealkylation sites (tertiary alicyclic amines) is 1. The molecule has 2 saturated carbocycles. The lowest BCUT2D eigenvalue weighted by Crippen LogP contribution is -2.49. The van der Waals surface area contributed by atoms with Gasteiger partial charge in [-0.15, -0.1) is 0 Å². The number of halogens is 1. The molecule has 0 bridgehead atoms. The van der Waals surface area contributed by atoms with Gasteiger partial charge in [-0.3, -0.25) is 4.90 Å². The van der Waals surface area contributed by atoms with Gasteiger partial charge in [-0.2, -0.15) is 0 Å². The Kier molecular flexibility index (Phi) is 6.40. The number of methoxy groups -OCH3 is 1. The van der Waals surface area contributed by atoms with Gasteiger partial charge in [0.25, 0.3) is 0 Å². The number of hydrogen-bond acceptors (Lipinski definition) is 4. The lowest BCUT2D eigenvalue weighted by Gasteiger charge is -2.33. The van der Waals surface area contributed by atoms with Gasteiger partial charge in [-0.25, -0.2) is 9.18 Å². The molecule has 1 aromatic carbocycles. The van der Waals surface area contributed by atoms with E-state index in [4.69, 9.17) is 9.47 Å². The first kappa shape index (κ1) is 20.6. The van der Waals surface area contributed by atoms with Crippen LogP contribution >= 0.6 is 0 Å². The first-order valence-electron chi connectivity index (χ1n) is 11.0. The summed E-state index contributed by atoms with van der Waals surface area (Å²) in [6.07, 6.45) is 7.32. The van der Waals surface area contributed by atoms with E-state index in [1.165, 1.54) is 19.6 Å². The molecule has 1 aromatic rings. The Bertz CT molecular complexity index is 707. The van der Waals surface area contributed by atoms with Gasteiger partial charge in [-0.05, 0) is 75.1 Å². The standard InChI is InChI=1S/C23H33FN2O3/c1-25-22-19-7-4-8-20(19)26(23(27)28-2)21(22)14-29-18-11-9-15(10-12-18)16-5-3-6-17(24)13-16/h3,5-6,13,15,18-22,25H,4,7-12,14H2,1-2H3/t15?,18?,19-,20+,21-,22-/m0/s1. The zero-order valence-corrected chi connectivity index (χ0v) is 17.5. The van der Waals surface area contributed by atoms with Gasteiger partial charge in [0.2, 0.25) is 0 Å². The minimum Gasteiger partial charge on any atom is -0.453 e. The smallest absolute Gasteiger partial charge is 0.410 e. The first-order valence-corrected chi connectivity index (χ1v) is 11.0. The van der Waals surface area contributed by atoms with Crippen LogP contribution in [0.15, 0.2) is 24.3 Å². The number of ether oxygens (including phenoxy) is 2. The third kappa shape index (κ3) is 4.15. The molecule has 0 unspecified atom stereocenters. The lowest BCUT2D eigenvalue weighted by molar-refractivity contribution is -0.0105. The van der Waals surface area contributed by atoms with E-state index in [0.29, 0.717) is 18.4 Å². The Balaban J connectivity index is 1.35. The van der Waals surface area contributed by atoms with Crippen LogP contribution < -0.4 is 5.32 Å². The molecular formula is C23H33FN2O3. The minimum absolute atomic E-state index is 0.0173. The Hall–Kier alpha value is -1.66. The highest BCUT2D eigenvalue weighted by Gasteiger charge is 2.52. The number of carbonyl (C=O) groups is 1. The predicted octanol–water partition coefficient (Wildman–Crippen LogP) is 4.08. The van der Waals surface area contributed by atoms with Gasteiger partial charge in [-0.1, -0.05) is 18.6 Å². The van der Waals surface area contributed by atoms with Crippen LogP contribution in [0.2, 0.25) is 0 Å². The van der Waals surface area contributed by atoms with Crippen molar-refractivity contribution in [3.05, 3.63) is 35.6 Å². The maximum absolute atomic E-state index is 13.5. The molecule has 5 nitrogen and oxygen atoms in total. The molecule has 3 aliphatic rings. The Morgan fingerprint density at radius 1 is 1.21 bits per heavy atom. The van der Waals surface area contributed by atoms with E-state index < -0.39 is 0 Å². The summed E-state index contributed by atoms with van der Waals surface area (Å²) in [6.45, 7) is 0.545. The SMILES string of the molecule is CN[C@H]1[C@H]2CCC[C@H]2N(C(=O)OC)[C@H]1COC1CCC(c2cccc(F)c2)CC1. The molecule has 3 fully saturated rings. The third-order valence-corrected chi connectivity index (χ3v) is 7.34. The van der Waals surface area contributed by atoms with E-state index in [-0.39, 0.29) is 36.1 Å². The van der Waals surface area contributed by atoms with Crippen molar-refractivity contribution < 1.29 is 18.7 Å². The summed E-state index contributed by atoms with van der Waals surface area (Å²) in [5.74, 6) is 0.734. The summed E-state index contributed by atoms with van der Waals surface area (Å²) in [7, 11) is 3.45. The maximum Gasteiger partial charge on any atom is 0.410 e. The van der Waals surface area contributed by atoms with Gasteiger partial charge >= 0.3 is 6.09 Å². The molecule has 29 heavy (non-hydrogen) atoms. The molecular weight excluding hydrogens is 371 g/mol. The summed E-state index contributed by atoms with van der Waals surface area (Å²) >= 11 is 0. The average Bonchev–Trinajstić information content (AvgIpc) is 3.32. The second-order valence-corrected chi connectivity index (χ2v) is 8.78. The summed E-state index contributed by atoms with van der Waals surface area (Å²) in [5, 5.41) is 3.45. The molecule has 1 saturated heterocycles. The van der Waals surface area contributed by atoms with Crippen LogP contribution in [0.25, 0.3) is 0 Å². The number of likely N-dealkylation sites (N-methyl/N-ethyl adjacent to an activating group) is 1. The van der Waals surface area contributed by atoms with E-state index >= 15 is 0 Å². The van der Waals surface area contributed by atoms with Crippen molar-refractivity contribution in [3.63, 3.8) is 0 Å². The number of fused-ring (bicyclic) bond motifs is 1. The van der Waals surface area contributed by atoms with Crippen LogP contribution in [-0.2, 0) is 9.47 Å². The molecule has 0 aromatic heterocycles. The summed E-state index contributed by atoms with van der Waals surface area (Å²) in [6, 6.07) is 7.52. The Morgan fingerprint density at radius 2 is 2.00 bits per heavy atom. The number of nitrogens with one attached hydrogen (secondary N) is 1. The Labute approximate surface area is 172 Å². The van der Waals surface area contributed by atoms with E-state index in [0.717, 1.165) is 44.1 Å². The number of benzene rings is 1. The van der Waals surface area contributed by atoms with E-state index in [1.54, 1.807) is 12.1 Å². The van der Waals surface area contributed by atoms with Gasteiger partial charge in [0.15, 0.2) is 0 Å². The lowest BCUT2D eigenvalue weighted by atomic mass is 9.82. The average molecular weight is 405 g/mol. The quantitative estimate of drug-likeness (QED) is 0.804. The number of amides is 1. The zero-order valence-electron chi connectivity index (χ0n) is 17.5. The van der Waals surface area contributed by atoms with Crippen LogP contribution in [0.3, 0.4) is 0 Å². The molecule has 0 radical (unpaired) electrons. The second-order valence-electron chi connectivity index (χ2n) is 8.78. The third-order valence-electron chi connectivity index (χ3n) is 7.34. The largest absolute Gasteiger partial charge is 0.453 e. The topological polar surface area (TPSA) is 50.8 Å². The van der Waals surface area contributed by atoms with E-state index in [9.17, 15) is 9.18 Å². The van der Waals surface area contributed by atoms with Crippen LogP contribution in [0.4, 0.5) is 9.18 Å². The van der Waals surface area contributed by atoms with Crippen LogP contribution in [0.1, 0.15) is 56.4 Å². The molecule has 2 aliphatic carbocycles. The number of rotatable bonds is 5. The van der Waals surface area contributed by atoms with Crippen molar-refractivity contribution in [1.29, 1.82) is 0 Å². The van der Waals surface area contributed by atoms with Gasteiger partial charge in [0.1, 0.15) is 5.82 Å². The molecule has 1 amide bonds.